The highest BCUT2D eigenvalue weighted by Crippen LogP contribution is 1.73. The summed E-state index contributed by atoms with van der Waals surface area (Å²) in [5.41, 5.74) is 0. The van der Waals surface area contributed by atoms with E-state index in [0.717, 1.165) is 6.42 Å². The lowest BCUT2D eigenvalue weighted by Crippen LogP contribution is -2.33. The highest BCUT2D eigenvalue weighted by Gasteiger charge is 1.93. The molecule has 0 radical (unpaired) electrons. The third-order valence-corrected chi connectivity index (χ3v) is 1.25. The summed E-state index contributed by atoms with van der Waals surface area (Å²) >= 11 is 0. The third kappa shape index (κ3) is 8.39. The molecule has 0 saturated carbocycles. The van der Waals surface area contributed by atoms with Crippen LogP contribution >= 0.6 is 0 Å². The molecule has 0 saturated heterocycles. The van der Waals surface area contributed by atoms with Gasteiger partial charge < -0.3 is 16.0 Å². The van der Waals surface area contributed by atoms with Crippen molar-refractivity contribution in [1.29, 1.82) is 0 Å². The molecule has 0 aromatic rings. The maximum Gasteiger partial charge on any atom is 0.318 e. The number of hydrogen-bond acceptors (Lipinski definition) is 2. The summed E-state index contributed by atoms with van der Waals surface area (Å²) in [4.78, 5) is 20.7. The Kier molecular flexibility index (Phi) is 7.57. The predicted molar refractivity (Wildman–Crippen MR) is 50.0 cm³/mol. The van der Waals surface area contributed by atoms with Crippen LogP contribution in [0.15, 0.2) is 12.3 Å². The fraction of sp³-hybridized carbons (Fsp3) is 0.500. The molecule has 5 heteroatoms. The molecule has 0 rings (SSSR count). The number of hydrogen-bond donors (Lipinski definition) is 3. The molecular formula is C8H15N3O2. The number of carbonyl (C=O) groups excluding carboxylic acids is 2. The average molecular weight is 185 g/mol. The van der Waals surface area contributed by atoms with Crippen molar-refractivity contribution in [1.82, 2.24) is 16.0 Å². The van der Waals surface area contributed by atoms with Crippen LogP contribution in [0.25, 0.3) is 0 Å². The Balaban J connectivity index is 3.21. The van der Waals surface area contributed by atoms with Gasteiger partial charge in [0.15, 0.2) is 0 Å². The molecule has 0 atom stereocenters. The highest BCUT2D eigenvalue weighted by molar-refractivity contribution is 5.74. The van der Waals surface area contributed by atoms with Crippen LogP contribution < -0.4 is 16.0 Å². The molecule has 0 aliphatic carbocycles. The van der Waals surface area contributed by atoms with Gasteiger partial charge in [0.05, 0.1) is 0 Å². The molecule has 3 N–H and O–H groups in total. The molecule has 74 valence electrons. The van der Waals surface area contributed by atoms with Crippen molar-refractivity contribution in [2.24, 2.45) is 0 Å². The molecule has 0 aliphatic rings. The van der Waals surface area contributed by atoms with Crippen molar-refractivity contribution >= 4 is 12.4 Å². The largest absolute Gasteiger partial charge is 0.359 e. The molecule has 0 unspecified atom stereocenters. The lowest BCUT2D eigenvalue weighted by atomic mass is 10.4. The van der Waals surface area contributed by atoms with Crippen LogP contribution in [0.1, 0.15) is 13.3 Å². The molecule has 0 heterocycles. The van der Waals surface area contributed by atoms with Gasteiger partial charge in [-0.3, -0.25) is 4.79 Å². The Hall–Kier alpha value is -1.52. The minimum atomic E-state index is -0.232. The van der Waals surface area contributed by atoms with Gasteiger partial charge >= 0.3 is 6.03 Å². The van der Waals surface area contributed by atoms with Gasteiger partial charge in [0.25, 0.3) is 0 Å². The second-order valence-electron chi connectivity index (χ2n) is 2.33. The minimum absolute atomic E-state index is 0.232. The first-order valence-corrected chi connectivity index (χ1v) is 4.13. The molecule has 5 nitrogen and oxygen atoms in total. The molecule has 0 aromatic carbocycles. The summed E-state index contributed by atoms with van der Waals surface area (Å²) in [5.74, 6) is 0. The average Bonchev–Trinajstić information content (AvgIpc) is 2.14. The summed E-state index contributed by atoms with van der Waals surface area (Å²) < 4.78 is 0. The van der Waals surface area contributed by atoms with E-state index in [2.05, 4.69) is 16.0 Å². The number of amides is 3. The Bertz CT molecular complexity index is 180. The third-order valence-electron chi connectivity index (χ3n) is 1.25. The van der Waals surface area contributed by atoms with Crippen LogP contribution in [0.3, 0.4) is 0 Å². The summed E-state index contributed by atoms with van der Waals surface area (Å²) in [6.07, 6.45) is 4.65. The van der Waals surface area contributed by atoms with Crippen LogP contribution in [0, 0.1) is 0 Å². The van der Waals surface area contributed by atoms with Crippen molar-refractivity contribution < 1.29 is 9.59 Å². The molecule has 0 bridgehead atoms. The minimum Gasteiger partial charge on any atom is -0.359 e. The van der Waals surface area contributed by atoms with E-state index in [1.54, 1.807) is 12.3 Å². The van der Waals surface area contributed by atoms with Crippen LogP contribution in [0.5, 0.6) is 0 Å². The Morgan fingerprint density at radius 2 is 2.15 bits per heavy atom. The van der Waals surface area contributed by atoms with Gasteiger partial charge in [-0.15, -0.1) is 0 Å². The quantitative estimate of drug-likeness (QED) is 0.401. The summed E-state index contributed by atoms with van der Waals surface area (Å²) in [6.45, 7) is 2.94. The molecule has 3 amide bonds. The summed E-state index contributed by atoms with van der Waals surface area (Å²) in [5, 5.41) is 7.62. The zero-order valence-electron chi connectivity index (χ0n) is 7.67. The zero-order valence-corrected chi connectivity index (χ0v) is 7.67. The van der Waals surface area contributed by atoms with Gasteiger partial charge in [-0.05, 0) is 13.3 Å². The number of allylic oxidation sites excluding steroid dienone is 1. The van der Waals surface area contributed by atoms with Crippen LogP contribution in [0.2, 0.25) is 0 Å². The van der Waals surface area contributed by atoms with Crippen molar-refractivity contribution in [2.45, 2.75) is 13.3 Å². The van der Waals surface area contributed by atoms with Gasteiger partial charge in [-0.25, -0.2) is 4.79 Å². The van der Waals surface area contributed by atoms with Crippen LogP contribution in [-0.2, 0) is 4.79 Å². The van der Waals surface area contributed by atoms with Crippen LogP contribution in [0.4, 0.5) is 4.79 Å². The second kappa shape index (κ2) is 8.58. The fourth-order valence-corrected chi connectivity index (χ4v) is 0.661. The lowest BCUT2D eigenvalue weighted by molar-refractivity contribution is -0.109. The zero-order chi connectivity index (χ0) is 9.94. The summed E-state index contributed by atoms with van der Waals surface area (Å²) in [6, 6.07) is -0.232. The Labute approximate surface area is 77.6 Å². The first-order valence-electron chi connectivity index (χ1n) is 4.13. The number of nitrogens with one attached hydrogen (secondary N) is 3. The Morgan fingerprint density at radius 3 is 2.77 bits per heavy atom. The molecule has 0 aliphatic heterocycles. The first kappa shape index (κ1) is 11.5. The van der Waals surface area contributed by atoms with Crippen molar-refractivity contribution in [3.63, 3.8) is 0 Å². The number of urea groups is 1. The monoisotopic (exact) mass is 185 g/mol. The van der Waals surface area contributed by atoms with E-state index in [0.29, 0.717) is 19.5 Å². The lowest BCUT2D eigenvalue weighted by Gasteiger charge is -2.03. The highest BCUT2D eigenvalue weighted by atomic mass is 16.2. The smallest absolute Gasteiger partial charge is 0.318 e. The maximum absolute atomic E-state index is 10.9. The van der Waals surface area contributed by atoms with E-state index in [1.807, 2.05) is 6.92 Å². The molecule has 0 aromatic heterocycles. The van der Waals surface area contributed by atoms with Crippen LogP contribution in [-0.4, -0.2) is 25.5 Å². The van der Waals surface area contributed by atoms with E-state index in [1.165, 1.54) is 0 Å². The maximum atomic E-state index is 10.9. The molecule has 0 fully saturated rings. The molecule has 13 heavy (non-hydrogen) atoms. The second-order valence-corrected chi connectivity index (χ2v) is 2.33. The molecule has 0 spiro atoms. The molecular weight excluding hydrogens is 170 g/mol. The number of carbonyl (C=O) groups is 2. The topological polar surface area (TPSA) is 70.2 Å². The van der Waals surface area contributed by atoms with E-state index in [9.17, 15) is 9.59 Å². The Morgan fingerprint density at radius 1 is 1.38 bits per heavy atom. The fourth-order valence-electron chi connectivity index (χ4n) is 0.661. The van der Waals surface area contributed by atoms with Crippen molar-refractivity contribution in [2.75, 3.05) is 13.1 Å². The van der Waals surface area contributed by atoms with Gasteiger partial charge in [-0.2, -0.15) is 0 Å². The van der Waals surface area contributed by atoms with E-state index in [-0.39, 0.29) is 6.03 Å². The van der Waals surface area contributed by atoms with E-state index >= 15 is 0 Å². The predicted octanol–water partition coefficient (Wildman–Crippen LogP) is -0.0447. The van der Waals surface area contributed by atoms with E-state index < -0.39 is 0 Å². The number of rotatable bonds is 6. The van der Waals surface area contributed by atoms with Gasteiger partial charge in [0.1, 0.15) is 0 Å². The summed E-state index contributed by atoms with van der Waals surface area (Å²) in [7, 11) is 0. The van der Waals surface area contributed by atoms with E-state index in [4.69, 9.17) is 0 Å². The van der Waals surface area contributed by atoms with Gasteiger partial charge in [0, 0.05) is 19.3 Å². The SMILES string of the molecule is C/C=C/NC(=O)NCCCNC=O. The standard InChI is InChI=1S/C8H15N3O2/c1-2-4-10-8(13)11-6-3-5-9-7-12/h2,4,7H,3,5-6H2,1H3,(H,9,12)(H2,10,11,13)/b4-2+. The normalized spacial score (nSPS) is 9.62. The van der Waals surface area contributed by atoms with Crippen molar-refractivity contribution in [3.8, 4) is 0 Å². The van der Waals surface area contributed by atoms with Crippen molar-refractivity contribution in [3.05, 3.63) is 12.3 Å². The van der Waals surface area contributed by atoms with Gasteiger partial charge in [-0.1, -0.05) is 6.08 Å². The first-order chi connectivity index (χ1) is 6.31. The van der Waals surface area contributed by atoms with Gasteiger partial charge in [0.2, 0.25) is 6.41 Å².